The van der Waals surface area contributed by atoms with Gasteiger partial charge in [0.05, 0.1) is 0 Å². The third-order valence-electron chi connectivity index (χ3n) is 2.93. The molecule has 0 aliphatic heterocycles. The minimum Gasteiger partial charge on any atom is -0.479 e. The summed E-state index contributed by atoms with van der Waals surface area (Å²) in [4.78, 5) is 9.58. The zero-order valence-electron chi connectivity index (χ0n) is 11.5. The topological polar surface area (TPSA) is 37.3 Å². The lowest BCUT2D eigenvalue weighted by molar-refractivity contribution is -0.138. The third kappa shape index (κ3) is 4.84. The highest BCUT2D eigenvalue weighted by Crippen LogP contribution is 2.71. The maximum Gasteiger partial charge on any atom is 0.343 e. The Kier molecular flexibility index (Phi) is 10.8. The molecule has 0 rings (SSSR count). The van der Waals surface area contributed by atoms with Crippen molar-refractivity contribution in [1.82, 2.24) is 0 Å². The Labute approximate surface area is 233 Å². The minimum absolute atomic E-state index is 1.73. The van der Waals surface area contributed by atoms with Crippen LogP contribution in [-0.4, -0.2) is 46.2 Å². The van der Waals surface area contributed by atoms with Crippen molar-refractivity contribution in [1.29, 1.82) is 0 Å². The molecule has 0 saturated heterocycles. The predicted octanol–water partition coefficient (Wildman–Crippen LogP) is 9.09. The van der Waals surface area contributed by atoms with Crippen LogP contribution in [0.15, 0.2) is 0 Å². The lowest BCUT2D eigenvalue weighted by Crippen LogP contribution is -2.70. The van der Waals surface area contributed by atoms with E-state index in [0.29, 0.717) is 0 Å². The molecular weight excluding hydrogens is 707 g/mol. The summed E-state index contributed by atoms with van der Waals surface area (Å²) in [5.74, 6) is -1.99. The van der Waals surface area contributed by atoms with Crippen LogP contribution in [-0.2, 0) is 4.79 Å². The Morgan fingerprint density at radius 1 is 0.556 bits per heavy atom. The molecule has 18 heteroatoms. The predicted molar refractivity (Wildman–Crippen MR) is 124 cm³/mol. The highest BCUT2D eigenvalue weighted by molar-refractivity contribution is 6.81. The molecule has 0 aromatic carbocycles. The molecule has 1 N–H and O–H groups in total. The van der Waals surface area contributed by atoms with E-state index in [1.807, 2.05) is 0 Å². The Morgan fingerprint density at radius 3 is 1.07 bits per heavy atom. The van der Waals surface area contributed by atoms with E-state index >= 15 is 0 Å². The molecule has 0 saturated carbocycles. The molecule has 0 spiro atoms. The number of halogens is 16. The van der Waals surface area contributed by atoms with Crippen molar-refractivity contribution >= 4 is 192 Å². The SMILES string of the molecule is O=C(O)C(Cl)(Cl)C(Cl)(Cl)C(Cl)(Cl)C(Cl)(Cl)C(Cl)(Cl)C(Cl)(Cl)C(Cl)(Cl)C(Cl)Cl. The maximum atomic E-state index is 11.3. The van der Waals surface area contributed by atoms with E-state index < -0.39 is 41.1 Å². The standard InChI is InChI=1S/C9H2Cl16O2/c10-1(11)3(12,13)5(16,17)7(20,21)9(24,25)8(22,23)6(18,19)4(14,15)2(26)27/h1H,(H,26,27). The molecule has 0 amide bonds. The number of carbonyl (C=O) groups is 1. The fourth-order valence-electron chi connectivity index (χ4n) is 1.27. The molecule has 2 nitrogen and oxygen atoms in total. The number of alkyl halides is 16. The van der Waals surface area contributed by atoms with Crippen molar-refractivity contribution in [2.45, 2.75) is 35.2 Å². The Hall–Kier alpha value is 4.11. The Bertz CT molecular complexity index is 578. The van der Waals surface area contributed by atoms with Crippen LogP contribution in [0.5, 0.6) is 0 Å². The third-order valence-corrected chi connectivity index (χ3v) is 13.9. The van der Waals surface area contributed by atoms with Gasteiger partial charge in [-0.1, -0.05) is 162 Å². The van der Waals surface area contributed by atoms with E-state index in [1.165, 1.54) is 0 Å². The Morgan fingerprint density at radius 2 is 0.815 bits per heavy atom. The molecule has 0 heterocycles. The lowest BCUT2D eigenvalue weighted by atomic mass is 10.0. The van der Waals surface area contributed by atoms with Crippen LogP contribution in [0.2, 0.25) is 0 Å². The average Bonchev–Trinajstić information content (AvgIpc) is 2.45. The van der Waals surface area contributed by atoms with Crippen LogP contribution in [0.1, 0.15) is 0 Å². The molecule has 27 heavy (non-hydrogen) atoms. The van der Waals surface area contributed by atoms with Gasteiger partial charge in [0.2, 0.25) is 4.33 Å². The summed E-state index contributed by atoms with van der Waals surface area (Å²) in [7, 11) is 0. The molecule has 0 atom stereocenters. The first kappa shape index (κ1) is 31.1. The van der Waals surface area contributed by atoms with Crippen LogP contribution in [0.3, 0.4) is 0 Å². The second-order valence-electron chi connectivity index (χ2n) is 4.68. The quantitative estimate of drug-likeness (QED) is 0.256. The molecular formula is C9H2Cl16O2. The monoisotopic (exact) mass is 702 g/mol. The number of aliphatic carboxylic acids is 1. The van der Waals surface area contributed by atoms with Gasteiger partial charge in [-0.2, -0.15) is 0 Å². The van der Waals surface area contributed by atoms with Gasteiger partial charge in [0.1, 0.15) is 4.84 Å². The second-order valence-corrected chi connectivity index (χ2v) is 15.1. The summed E-state index contributed by atoms with van der Waals surface area (Å²) in [6.45, 7) is 0. The number of carboxylic acids is 1. The summed E-state index contributed by atoms with van der Waals surface area (Å²) in [6, 6.07) is 0. The molecule has 0 aliphatic carbocycles. The van der Waals surface area contributed by atoms with Gasteiger partial charge >= 0.3 is 5.97 Å². The van der Waals surface area contributed by atoms with Gasteiger partial charge in [-0.25, -0.2) is 4.79 Å². The van der Waals surface area contributed by atoms with Gasteiger partial charge in [0.25, 0.3) is 0 Å². The number of rotatable bonds is 8. The molecule has 0 unspecified atom stereocenters. The zero-order chi connectivity index (χ0) is 22.7. The van der Waals surface area contributed by atoms with Crippen molar-refractivity contribution in [3.8, 4) is 0 Å². The molecule has 0 aliphatic rings. The molecule has 0 aromatic heterocycles. The van der Waals surface area contributed by atoms with E-state index in [1.54, 1.807) is 0 Å². The first-order valence-electron chi connectivity index (χ1n) is 5.55. The molecule has 162 valence electrons. The van der Waals surface area contributed by atoms with Crippen molar-refractivity contribution in [2.75, 3.05) is 0 Å². The average molecular weight is 709 g/mol. The fourth-order valence-corrected chi connectivity index (χ4v) is 6.02. The van der Waals surface area contributed by atoms with Gasteiger partial charge in [-0.05, 0) is 0 Å². The second kappa shape index (κ2) is 9.40. The van der Waals surface area contributed by atoms with Crippen LogP contribution >= 0.6 is 186 Å². The van der Waals surface area contributed by atoms with Gasteiger partial charge < -0.3 is 5.11 Å². The maximum absolute atomic E-state index is 11.3. The van der Waals surface area contributed by atoms with E-state index in [4.69, 9.17) is 191 Å². The van der Waals surface area contributed by atoms with Gasteiger partial charge in [-0.15, -0.1) is 23.2 Å². The van der Waals surface area contributed by atoms with Gasteiger partial charge in [0.15, 0.2) is 26.0 Å². The highest BCUT2D eigenvalue weighted by Gasteiger charge is 2.80. The minimum atomic E-state index is -3.12. The first-order valence-corrected chi connectivity index (χ1v) is 11.7. The molecule has 0 fully saturated rings. The van der Waals surface area contributed by atoms with Crippen LogP contribution in [0.25, 0.3) is 0 Å². The number of hydrogen-bond acceptors (Lipinski definition) is 1. The summed E-state index contributed by atoms with van der Waals surface area (Å²) in [6.07, 6.45) is 0. The van der Waals surface area contributed by atoms with Crippen LogP contribution in [0, 0.1) is 0 Å². The van der Waals surface area contributed by atoms with Crippen LogP contribution < -0.4 is 0 Å². The van der Waals surface area contributed by atoms with Crippen LogP contribution in [0.4, 0.5) is 0 Å². The van der Waals surface area contributed by atoms with Crippen molar-refractivity contribution < 1.29 is 9.90 Å². The lowest BCUT2D eigenvalue weighted by Gasteiger charge is -2.53. The van der Waals surface area contributed by atoms with Crippen molar-refractivity contribution in [3.05, 3.63) is 0 Å². The van der Waals surface area contributed by atoms with E-state index in [-0.39, 0.29) is 0 Å². The summed E-state index contributed by atoms with van der Waals surface area (Å²) in [5.41, 5.74) is 0. The molecule has 0 aromatic rings. The van der Waals surface area contributed by atoms with Gasteiger partial charge in [0, 0.05) is 0 Å². The van der Waals surface area contributed by atoms with E-state index in [0.717, 1.165) is 0 Å². The first-order chi connectivity index (χ1) is 11.4. The largest absolute Gasteiger partial charge is 0.479 e. The summed E-state index contributed by atoms with van der Waals surface area (Å²) in [5, 5.41) is 9.14. The Balaban J connectivity index is 6.66. The summed E-state index contributed by atoms with van der Waals surface area (Å²) < 4.78 is -20.9. The molecule has 0 radical (unpaired) electrons. The number of carboxylic acid groups (broad SMARTS) is 1. The van der Waals surface area contributed by atoms with E-state index in [2.05, 4.69) is 0 Å². The molecule has 0 bridgehead atoms. The van der Waals surface area contributed by atoms with Gasteiger partial charge in [-0.3, -0.25) is 0 Å². The van der Waals surface area contributed by atoms with Crippen molar-refractivity contribution in [3.63, 3.8) is 0 Å². The van der Waals surface area contributed by atoms with Crippen molar-refractivity contribution in [2.24, 2.45) is 0 Å². The smallest absolute Gasteiger partial charge is 0.343 e. The highest BCUT2D eigenvalue weighted by atomic mass is 35.6. The fraction of sp³-hybridized carbons (Fsp3) is 0.889. The van der Waals surface area contributed by atoms with E-state index in [9.17, 15) is 4.79 Å². The summed E-state index contributed by atoms with van der Waals surface area (Å²) >= 11 is 94.7. The number of hydrogen-bond donors (Lipinski definition) is 1. The normalized spacial score (nSPS) is 16.0. The zero-order valence-corrected chi connectivity index (χ0v) is 23.6.